The van der Waals surface area contributed by atoms with Gasteiger partial charge in [0.1, 0.15) is 5.60 Å². The van der Waals surface area contributed by atoms with Gasteiger partial charge in [0.05, 0.1) is 25.1 Å². The normalized spacial score (nSPS) is 44.7. The molecule has 3 unspecified atom stereocenters. The first kappa shape index (κ1) is 9.03. The zero-order valence-corrected chi connectivity index (χ0v) is 8.12. The highest BCUT2D eigenvalue weighted by molar-refractivity contribution is 5.22. The molecule has 2 aliphatic rings. The average molecular weight is 184 g/mol. The summed E-state index contributed by atoms with van der Waals surface area (Å²) >= 11 is 0. The zero-order chi connectivity index (χ0) is 9.47. The van der Waals surface area contributed by atoms with Gasteiger partial charge in [-0.2, -0.15) is 0 Å². The van der Waals surface area contributed by atoms with Crippen LogP contribution in [0, 0.1) is 0 Å². The molecular weight excluding hydrogens is 168 g/mol. The Balaban J connectivity index is 2.19. The van der Waals surface area contributed by atoms with Crippen LogP contribution >= 0.6 is 0 Å². The Morgan fingerprint density at radius 3 is 2.77 bits per heavy atom. The molecule has 0 aromatic heterocycles. The monoisotopic (exact) mass is 184 g/mol. The van der Waals surface area contributed by atoms with Gasteiger partial charge in [-0.05, 0) is 13.8 Å². The van der Waals surface area contributed by atoms with Gasteiger partial charge >= 0.3 is 0 Å². The molecule has 0 aliphatic carbocycles. The van der Waals surface area contributed by atoms with Gasteiger partial charge in [0.25, 0.3) is 0 Å². The van der Waals surface area contributed by atoms with Crippen LogP contribution in [0.15, 0.2) is 11.8 Å². The second kappa shape index (κ2) is 3.00. The van der Waals surface area contributed by atoms with E-state index in [1.54, 1.807) is 6.26 Å². The van der Waals surface area contributed by atoms with E-state index in [1.807, 2.05) is 13.8 Å². The molecule has 74 valence electrons. The molecule has 0 spiro atoms. The summed E-state index contributed by atoms with van der Waals surface area (Å²) in [5.74, 6) is 0. The molecule has 0 saturated carbocycles. The Labute approximate surface area is 78.3 Å². The summed E-state index contributed by atoms with van der Waals surface area (Å²) in [6, 6.07) is 0. The molecular formula is C10H16O3. The van der Waals surface area contributed by atoms with E-state index in [0.29, 0.717) is 13.0 Å². The molecule has 1 N–H and O–H groups in total. The van der Waals surface area contributed by atoms with Crippen molar-refractivity contribution < 1.29 is 14.6 Å². The number of hydrogen-bond acceptors (Lipinski definition) is 3. The summed E-state index contributed by atoms with van der Waals surface area (Å²) in [4.78, 5) is 0. The Hall–Kier alpha value is -0.540. The predicted octanol–water partition coefficient (Wildman–Crippen LogP) is 1.22. The quantitative estimate of drug-likeness (QED) is 0.666. The smallest absolute Gasteiger partial charge is 0.117 e. The topological polar surface area (TPSA) is 38.7 Å². The molecule has 2 heterocycles. The molecule has 2 aliphatic heterocycles. The molecule has 0 aromatic rings. The molecule has 0 bridgehead atoms. The third kappa shape index (κ3) is 1.36. The minimum atomic E-state index is -0.782. The lowest BCUT2D eigenvalue weighted by Gasteiger charge is -2.26. The van der Waals surface area contributed by atoms with Gasteiger partial charge in [0.2, 0.25) is 0 Å². The first-order valence-electron chi connectivity index (χ1n) is 4.82. The first-order chi connectivity index (χ1) is 6.13. The van der Waals surface area contributed by atoms with Crippen molar-refractivity contribution in [2.75, 3.05) is 6.61 Å². The van der Waals surface area contributed by atoms with Crippen LogP contribution in [0.3, 0.4) is 0 Å². The SMILES string of the molecule is CC1CC(O)(C2=COCC2)C(C)O1. The van der Waals surface area contributed by atoms with Crippen molar-refractivity contribution in [2.24, 2.45) is 0 Å². The van der Waals surface area contributed by atoms with Gasteiger partial charge in [-0.1, -0.05) is 0 Å². The Morgan fingerprint density at radius 1 is 1.54 bits per heavy atom. The van der Waals surface area contributed by atoms with E-state index in [0.717, 1.165) is 12.0 Å². The minimum Gasteiger partial charge on any atom is -0.501 e. The molecule has 0 amide bonds. The van der Waals surface area contributed by atoms with Crippen molar-refractivity contribution in [3.05, 3.63) is 11.8 Å². The van der Waals surface area contributed by atoms with Gasteiger partial charge in [-0.3, -0.25) is 0 Å². The maximum absolute atomic E-state index is 10.4. The van der Waals surface area contributed by atoms with E-state index in [4.69, 9.17) is 9.47 Å². The standard InChI is InChI=1S/C10H16O3/c1-7-5-10(11,8(2)13-7)9-3-4-12-6-9/h6-8,11H,3-5H2,1-2H3. The van der Waals surface area contributed by atoms with Crippen LogP contribution < -0.4 is 0 Å². The molecule has 1 fully saturated rings. The summed E-state index contributed by atoms with van der Waals surface area (Å²) in [6.45, 7) is 4.60. The van der Waals surface area contributed by atoms with Crippen molar-refractivity contribution in [3.63, 3.8) is 0 Å². The minimum absolute atomic E-state index is 0.115. The van der Waals surface area contributed by atoms with E-state index in [2.05, 4.69) is 0 Å². The fraction of sp³-hybridized carbons (Fsp3) is 0.800. The van der Waals surface area contributed by atoms with Crippen molar-refractivity contribution in [2.45, 2.75) is 44.5 Å². The zero-order valence-electron chi connectivity index (χ0n) is 8.12. The van der Waals surface area contributed by atoms with Crippen LogP contribution in [0.25, 0.3) is 0 Å². The number of ether oxygens (including phenoxy) is 2. The van der Waals surface area contributed by atoms with Crippen molar-refractivity contribution in [1.29, 1.82) is 0 Å². The average Bonchev–Trinajstić information content (AvgIpc) is 2.61. The Bertz CT molecular complexity index is 236. The van der Waals surface area contributed by atoms with Crippen molar-refractivity contribution >= 4 is 0 Å². The first-order valence-corrected chi connectivity index (χ1v) is 4.82. The fourth-order valence-corrected chi connectivity index (χ4v) is 2.21. The lowest BCUT2D eigenvalue weighted by atomic mass is 9.86. The third-order valence-electron chi connectivity index (χ3n) is 2.98. The second-order valence-electron chi connectivity index (χ2n) is 3.98. The summed E-state index contributed by atoms with van der Waals surface area (Å²) in [6.07, 6.45) is 3.23. The lowest BCUT2D eigenvalue weighted by Crippen LogP contribution is -2.37. The van der Waals surface area contributed by atoms with Crippen molar-refractivity contribution in [3.8, 4) is 0 Å². The highest BCUT2D eigenvalue weighted by Crippen LogP contribution is 2.39. The summed E-state index contributed by atoms with van der Waals surface area (Å²) in [7, 11) is 0. The maximum Gasteiger partial charge on any atom is 0.117 e. The summed E-state index contributed by atoms with van der Waals surface area (Å²) in [5, 5.41) is 10.4. The highest BCUT2D eigenvalue weighted by Gasteiger charge is 2.46. The van der Waals surface area contributed by atoms with E-state index in [1.165, 1.54) is 0 Å². The molecule has 0 aromatic carbocycles. The second-order valence-corrected chi connectivity index (χ2v) is 3.98. The van der Waals surface area contributed by atoms with Gasteiger partial charge < -0.3 is 14.6 Å². The van der Waals surface area contributed by atoms with Crippen LogP contribution in [-0.2, 0) is 9.47 Å². The molecule has 0 radical (unpaired) electrons. The van der Waals surface area contributed by atoms with Crippen LogP contribution in [0.5, 0.6) is 0 Å². The van der Waals surface area contributed by atoms with Crippen molar-refractivity contribution in [1.82, 2.24) is 0 Å². The number of hydrogen-bond donors (Lipinski definition) is 1. The van der Waals surface area contributed by atoms with Gasteiger partial charge in [-0.15, -0.1) is 0 Å². The third-order valence-corrected chi connectivity index (χ3v) is 2.98. The molecule has 3 nitrogen and oxygen atoms in total. The summed E-state index contributed by atoms with van der Waals surface area (Å²) < 4.78 is 10.7. The molecule has 3 atom stereocenters. The molecule has 2 rings (SSSR count). The molecule has 1 saturated heterocycles. The van der Waals surface area contributed by atoms with Crippen LogP contribution in [0.2, 0.25) is 0 Å². The highest BCUT2D eigenvalue weighted by atomic mass is 16.5. The number of aliphatic hydroxyl groups is 1. The van der Waals surface area contributed by atoms with E-state index < -0.39 is 5.60 Å². The van der Waals surface area contributed by atoms with Crippen LogP contribution in [0.1, 0.15) is 26.7 Å². The molecule has 3 heteroatoms. The van der Waals surface area contributed by atoms with Crippen LogP contribution in [-0.4, -0.2) is 29.5 Å². The van der Waals surface area contributed by atoms with E-state index in [9.17, 15) is 5.11 Å². The fourth-order valence-electron chi connectivity index (χ4n) is 2.21. The summed E-state index contributed by atoms with van der Waals surface area (Å²) in [5.41, 5.74) is 0.208. The lowest BCUT2D eigenvalue weighted by molar-refractivity contribution is -0.0138. The number of rotatable bonds is 1. The predicted molar refractivity (Wildman–Crippen MR) is 48.2 cm³/mol. The van der Waals surface area contributed by atoms with Gasteiger partial charge in [0.15, 0.2) is 0 Å². The van der Waals surface area contributed by atoms with Crippen LogP contribution in [0.4, 0.5) is 0 Å². The Kier molecular flexibility index (Phi) is 2.08. The maximum atomic E-state index is 10.4. The van der Waals surface area contributed by atoms with E-state index >= 15 is 0 Å². The Morgan fingerprint density at radius 2 is 2.31 bits per heavy atom. The molecule has 13 heavy (non-hydrogen) atoms. The van der Waals surface area contributed by atoms with E-state index in [-0.39, 0.29) is 12.2 Å². The van der Waals surface area contributed by atoms with Gasteiger partial charge in [0, 0.05) is 18.4 Å². The largest absolute Gasteiger partial charge is 0.501 e. The van der Waals surface area contributed by atoms with Gasteiger partial charge in [-0.25, -0.2) is 0 Å².